The van der Waals surface area contributed by atoms with Gasteiger partial charge in [-0.25, -0.2) is 9.97 Å². The summed E-state index contributed by atoms with van der Waals surface area (Å²) in [7, 11) is 0. The minimum atomic E-state index is 0.664. The van der Waals surface area contributed by atoms with Crippen LogP contribution in [0.4, 0.5) is 0 Å². The Morgan fingerprint density at radius 1 is 0.947 bits per heavy atom. The van der Waals surface area contributed by atoms with Gasteiger partial charge >= 0.3 is 0 Å². The summed E-state index contributed by atoms with van der Waals surface area (Å²) in [5.74, 6) is 2.17. The van der Waals surface area contributed by atoms with Crippen LogP contribution in [0.2, 0.25) is 0 Å². The van der Waals surface area contributed by atoms with Gasteiger partial charge in [0.15, 0.2) is 5.75 Å². The Kier molecular flexibility index (Phi) is 3.70. The zero-order valence-electron chi connectivity index (χ0n) is 10.7. The first-order valence-electron chi connectivity index (χ1n) is 6.65. The summed E-state index contributed by atoms with van der Waals surface area (Å²) >= 11 is 0. The molecule has 3 rings (SSSR count). The van der Waals surface area contributed by atoms with Crippen molar-refractivity contribution in [2.45, 2.75) is 18.8 Å². The summed E-state index contributed by atoms with van der Waals surface area (Å²) in [5.41, 5.74) is 1.40. The second kappa shape index (κ2) is 5.80. The summed E-state index contributed by atoms with van der Waals surface area (Å²) in [6, 6.07) is 8.36. The first kappa shape index (κ1) is 12.1. The van der Waals surface area contributed by atoms with E-state index in [9.17, 15) is 0 Å². The second-order valence-electron chi connectivity index (χ2n) is 4.77. The van der Waals surface area contributed by atoms with Crippen LogP contribution in [-0.2, 0) is 0 Å². The van der Waals surface area contributed by atoms with Crippen LogP contribution in [-0.4, -0.2) is 23.1 Å². The molecule has 4 nitrogen and oxygen atoms in total. The molecule has 0 bridgehead atoms. The molecule has 1 aromatic heterocycles. The number of rotatable bonds is 3. The summed E-state index contributed by atoms with van der Waals surface area (Å²) < 4.78 is 5.68. The van der Waals surface area contributed by atoms with Crippen LogP contribution in [0, 0.1) is 0 Å². The molecule has 2 aromatic rings. The average Bonchev–Trinajstić information content (AvgIpc) is 2.50. The molecule has 0 aliphatic carbocycles. The van der Waals surface area contributed by atoms with Gasteiger partial charge in [-0.3, -0.25) is 0 Å². The van der Waals surface area contributed by atoms with Gasteiger partial charge in [0.05, 0.1) is 12.4 Å². The average molecular weight is 255 g/mol. The van der Waals surface area contributed by atoms with E-state index in [4.69, 9.17) is 4.74 Å². The fraction of sp³-hybridized carbons (Fsp3) is 0.333. The third kappa shape index (κ3) is 3.09. The first-order chi connectivity index (χ1) is 9.42. The van der Waals surface area contributed by atoms with Crippen molar-refractivity contribution in [2.75, 3.05) is 13.1 Å². The van der Waals surface area contributed by atoms with E-state index in [0.717, 1.165) is 18.8 Å². The number of nitrogens with one attached hydrogen (secondary N) is 1. The Balaban J connectivity index is 1.68. The van der Waals surface area contributed by atoms with Crippen molar-refractivity contribution in [1.82, 2.24) is 15.3 Å². The third-order valence-electron chi connectivity index (χ3n) is 3.46. The van der Waals surface area contributed by atoms with Crippen LogP contribution in [0.5, 0.6) is 11.5 Å². The number of aromatic nitrogens is 2. The highest BCUT2D eigenvalue weighted by Gasteiger charge is 2.14. The van der Waals surface area contributed by atoms with E-state index in [1.807, 2.05) is 12.1 Å². The Morgan fingerprint density at radius 3 is 2.32 bits per heavy atom. The number of hydrogen-bond acceptors (Lipinski definition) is 4. The molecule has 0 amide bonds. The van der Waals surface area contributed by atoms with Gasteiger partial charge in [0.1, 0.15) is 12.1 Å². The van der Waals surface area contributed by atoms with Gasteiger partial charge in [0.25, 0.3) is 0 Å². The molecule has 0 unspecified atom stereocenters. The van der Waals surface area contributed by atoms with Crippen LogP contribution in [0.3, 0.4) is 0 Å². The molecule has 0 saturated carbocycles. The predicted molar refractivity (Wildman–Crippen MR) is 73.4 cm³/mol. The molecular formula is C15H17N3O. The molecule has 1 aliphatic rings. The van der Waals surface area contributed by atoms with Crippen molar-refractivity contribution >= 4 is 0 Å². The lowest BCUT2D eigenvalue weighted by atomic mass is 9.90. The van der Waals surface area contributed by atoms with Gasteiger partial charge in [0.2, 0.25) is 0 Å². The number of ether oxygens (including phenoxy) is 1. The van der Waals surface area contributed by atoms with Crippen LogP contribution < -0.4 is 10.1 Å². The largest absolute Gasteiger partial charge is 0.454 e. The first-order valence-corrected chi connectivity index (χ1v) is 6.65. The van der Waals surface area contributed by atoms with Crippen molar-refractivity contribution in [2.24, 2.45) is 0 Å². The molecule has 1 aromatic carbocycles. The molecule has 1 saturated heterocycles. The minimum absolute atomic E-state index is 0.664. The summed E-state index contributed by atoms with van der Waals surface area (Å²) in [5, 5.41) is 3.39. The maximum atomic E-state index is 5.68. The van der Waals surface area contributed by atoms with Gasteiger partial charge < -0.3 is 10.1 Å². The highest BCUT2D eigenvalue weighted by atomic mass is 16.5. The molecule has 1 fully saturated rings. The van der Waals surface area contributed by atoms with E-state index in [0.29, 0.717) is 11.7 Å². The normalized spacial score (nSPS) is 16.2. The Labute approximate surface area is 112 Å². The predicted octanol–water partition coefficient (Wildman–Crippen LogP) is 2.74. The van der Waals surface area contributed by atoms with Crippen LogP contribution in [0.25, 0.3) is 0 Å². The molecule has 1 aliphatic heterocycles. The monoisotopic (exact) mass is 255 g/mol. The Morgan fingerprint density at radius 2 is 1.63 bits per heavy atom. The van der Waals surface area contributed by atoms with Crippen molar-refractivity contribution in [3.05, 3.63) is 48.5 Å². The van der Waals surface area contributed by atoms with Crippen LogP contribution in [0.15, 0.2) is 43.0 Å². The molecule has 0 radical (unpaired) electrons. The van der Waals surface area contributed by atoms with Crippen molar-refractivity contribution < 1.29 is 4.74 Å². The molecule has 19 heavy (non-hydrogen) atoms. The molecule has 2 heterocycles. The van der Waals surface area contributed by atoms with E-state index in [1.54, 1.807) is 12.4 Å². The van der Waals surface area contributed by atoms with Gasteiger partial charge in [-0.1, -0.05) is 12.1 Å². The lowest BCUT2D eigenvalue weighted by Crippen LogP contribution is -2.26. The van der Waals surface area contributed by atoms with Crippen LogP contribution >= 0.6 is 0 Å². The molecule has 0 atom stereocenters. The highest BCUT2D eigenvalue weighted by Crippen LogP contribution is 2.28. The summed E-state index contributed by atoms with van der Waals surface area (Å²) in [6.45, 7) is 2.23. The Hall–Kier alpha value is -1.94. The van der Waals surface area contributed by atoms with Gasteiger partial charge in [-0.15, -0.1) is 0 Å². The summed E-state index contributed by atoms with van der Waals surface area (Å²) in [4.78, 5) is 7.86. The van der Waals surface area contributed by atoms with E-state index in [-0.39, 0.29) is 0 Å². The maximum Gasteiger partial charge on any atom is 0.163 e. The smallest absolute Gasteiger partial charge is 0.163 e. The number of benzene rings is 1. The van der Waals surface area contributed by atoms with Gasteiger partial charge in [-0.05, 0) is 49.5 Å². The zero-order chi connectivity index (χ0) is 12.9. The molecular weight excluding hydrogens is 238 g/mol. The maximum absolute atomic E-state index is 5.68. The zero-order valence-corrected chi connectivity index (χ0v) is 10.7. The molecule has 1 N–H and O–H groups in total. The molecule has 0 spiro atoms. The van der Waals surface area contributed by atoms with E-state index < -0.39 is 0 Å². The molecule has 4 heteroatoms. The van der Waals surface area contributed by atoms with E-state index in [1.165, 1.54) is 24.7 Å². The number of nitrogens with zero attached hydrogens (tertiary/aromatic N) is 2. The van der Waals surface area contributed by atoms with E-state index in [2.05, 4.69) is 27.4 Å². The fourth-order valence-electron chi connectivity index (χ4n) is 2.44. The lowest BCUT2D eigenvalue weighted by Gasteiger charge is -2.23. The quantitative estimate of drug-likeness (QED) is 0.916. The summed E-state index contributed by atoms with van der Waals surface area (Å²) in [6.07, 6.45) is 7.24. The highest BCUT2D eigenvalue weighted by molar-refractivity contribution is 5.32. The topological polar surface area (TPSA) is 47.0 Å². The Bertz CT molecular complexity index is 507. The standard InChI is InChI=1S/C15H17N3O/c1-3-14(19-15-9-17-11-18-10-15)4-2-12(1)13-5-7-16-8-6-13/h1-4,9-11,13,16H,5-8H2. The lowest BCUT2D eigenvalue weighted by molar-refractivity contribution is 0.457. The van der Waals surface area contributed by atoms with Crippen molar-refractivity contribution in [3.63, 3.8) is 0 Å². The van der Waals surface area contributed by atoms with Crippen molar-refractivity contribution in [3.8, 4) is 11.5 Å². The van der Waals surface area contributed by atoms with E-state index >= 15 is 0 Å². The molecule has 98 valence electrons. The second-order valence-corrected chi connectivity index (χ2v) is 4.77. The van der Waals surface area contributed by atoms with Gasteiger partial charge in [0, 0.05) is 0 Å². The minimum Gasteiger partial charge on any atom is -0.454 e. The van der Waals surface area contributed by atoms with Crippen molar-refractivity contribution in [1.29, 1.82) is 0 Å². The SMILES string of the molecule is c1ncc(Oc2ccc(C3CCNCC3)cc2)cn1. The number of hydrogen-bond donors (Lipinski definition) is 1. The number of piperidine rings is 1. The van der Waals surface area contributed by atoms with Crippen LogP contribution in [0.1, 0.15) is 24.3 Å². The fourth-order valence-corrected chi connectivity index (χ4v) is 2.44. The van der Waals surface area contributed by atoms with Gasteiger partial charge in [-0.2, -0.15) is 0 Å². The third-order valence-corrected chi connectivity index (χ3v) is 3.46.